The van der Waals surface area contributed by atoms with Crippen molar-refractivity contribution in [3.63, 3.8) is 0 Å². The summed E-state index contributed by atoms with van der Waals surface area (Å²) >= 11 is 0. The minimum absolute atomic E-state index is 0.0120. The van der Waals surface area contributed by atoms with Crippen LogP contribution in [-0.4, -0.2) is 34.7 Å². The number of amides is 1. The van der Waals surface area contributed by atoms with E-state index in [1.165, 1.54) is 55.1 Å². The van der Waals surface area contributed by atoms with Crippen LogP contribution < -0.4 is 16.6 Å². The van der Waals surface area contributed by atoms with Crippen LogP contribution in [0.1, 0.15) is 10.5 Å². The maximum absolute atomic E-state index is 12.4. The van der Waals surface area contributed by atoms with Gasteiger partial charge >= 0.3 is 5.69 Å². The molecule has 0 aliphatic carbocycles. The molecule has 1 amide bonds. The van der Waals surface area contributed by atoms with Gasteiger partial charge in [0.2, 0.25) is 0 Å². The lowest BCUT2D eigenvalue weighted by atomic mass is 10.2. The van der Waals surface area contributed by atoms with E-state index in [1.807, 2.05) is 0 Å². The van der Waals surface area contributed by atoms with E-state index in [-0.39, 0.29) is 21.6 Å². The molecule has 0 atom stereocenters. The van der Waals surface area contributed by atoms with Crippen molar-refractivity contribution in [2.75, 3.05) is 11.6 Å². The van der Waals surface area contributed by atoms with Crippen LogP contribution in [0.5, 0.6) is 0 Å². The Morgan fingerprint density at radius 2 is 1.63 bits per heavy atom. The Hall–Kier alpha value is -3.27. The number of carbonyl (C=O) groups is 1. The van der Waals surface area contributed by atoms with Crippen LogP contribution in [-0.2, 0) is 23.9 Å². The van der Waals surface area contributed by atoms with Gasteiger partial charge in [-0.25, -0.2) is 18.2 Å². The zero-order chi connectivity index (χ0) is 19.9. The molecule has 0 radical (unpaired) electrons. The third-order valence-corrected chi connectivity index (χ3v) is 5.20. The summed E-state index contributed by atoms with van der Waals surface area (Å²) in [6, 6.07) is 8.50. The number of sulfone groups is 1. The highest BCUT2D eigenvalue weighted by Crippen LogP contribution is 2.15. The van der Waals surface area contributed by atoms with Gasteiger partial charge in [0.15, 0.2) is 9.84 Å². The number of rotatable bonds is 3. The van der Waals surface area contributed by atoms with Gasteiger partial charge in [0.05, 0.1) is 10.3 Å². The monoisotopic (exact) mass is 388 g/mol. The van der Waals surface area contributed by atoms with Gasteiger partial charge in [-0.1, -0.05) is 0 Å². The Morgan fingerprint density at radius 3 is 2.22 bits per heavy atom. The van der Waals surface area contributed by atoms with Crippen molar-refractivity contribution in [2.45, 2.75) is 4.90 Å². The first-order valence-corrected chi connectivity index (χ1v) is 9.67. The number of benzene rings is 1. The number of pyridine rings is 1. The van der Waals surface area contributed by atoms with Gasteiger partial charge in [-0.2, -0.15) is 0 Å². The number of carbonyl (C=O) groups excluding carboxylic acids is 1. The van der Waals surface area contributed by atoms with Crippen LogP contribution in [0.15, 0.2) is 50.9 Å². The van der Waals surface area contributed by atoms with Crippen LogP contribution in [0.4, 0.5) is 5.69 Å². The quantitative estimate of drug-likeness (QED) is 0.688. The molecule has 0 unspecified atom stereocenters. The van der Waals surface area contributed by atoms with E-state index in [9.17, 15) is 22.8 Å². The van der Waals surface area contributed by atoms with Gasteiger partial charge in [0, 0.05) is 26.0 Å². The Bertz CT molecular complexity index is 1290. The van der Waals surface area contributed by atoms with Crippen LogP contribution >= 0.6 is 0 Å². The fourth-order valence-corrected chi connectivity index (χ4v) is 3.19. The predicted molar refractivity (Wildman–Crippen MR) is 99.7 cm³/mol. The lowest BCUT2D eigenvalue weighted by molar-refractivity contribution is 0.102. The van der Waals surface area contributed by atoms with Crippen LogP contribution in [0.2, 0.25) is 0 Å². The highest BCUT2D eigenvalue weighted by Gasteiger charge is 2.14. The second-order valence-corrected chi connectivity index (χ2v) is 8.04. The summed E-state index contributed by atoms with van der Waals surface area (Å²) in [6.07, 6.45) is 1.09. The number of aromatic nitrogens is 3. The van der Waals surface area contributed by atoms with Crippen molar-refractivity contribution in [3.8, 4) is 0 Å². The summed E-state index contributed by atoms with van der Waals surface area (Å²) in [5, 5.41) is 2.81. The fourth-order valence-electron chi connectivity index (χ4n) is 2.56. The summed E-state index contributed by atoms with van der Waals surface area (Å²) < 4.78 is 25.1. The minimum Gasteiger partial charge on any atom is -0.321 e. The fraction of sp³-hybridized carbons (Fsp3) is 0.176. The van der Waals surface area contributed by atoms with Crippen molar-refractivity contribution < 1.29 is 13.2 Å². The lowest BCUT2D eigenvalue weighted by Crippen LogP contribution is -2.37. The van der Waals surface area contributed by atoms with Gasteiger partial charge in [-0.05, 0) is 36.4 Å². The van der Waals surface area contributed by atoms with E-state index in [1.54, 1.807) is 0 Å². The third-order valence-electron chi connectivity index (χ3n) is 4.07. The molecule has 27 heavy (non-hydrogen) atoms. The van der Waals surface area contributed by atoms with E-state index < -0.39 is 27.0 Å². The van der Waals surface area contributed by atoms with Crippen molar-refractivity contribution in [2.24, 2.45) is 14.1 Å². The Kier molecular flexibility index (Phi) is 4.44. The molecule has 10 heteroatoms. The normalized spacial score (nSPS) is 11.5. The molecule has 0 fully saturated rings. The summed E-state index contributed by atoms with van der Waals surface area (Å²) in [4.78, 5) is 40.9. The molecule has 3 aromatic rings. The van der Waals surface area contributed by atoms with Crippen molar-refractivity contribution in [3.05, 3.63) is 62.9 Å². The molecule has 2 heterocycles. The highest BCUT2D eigenvalue weighted by atomic mass is 32.2. The van der Waals surface area contributed by atoms with Crippen LogP contribution in [0.25, 0.3) is 11.0 Å². The molecule has 9 nitrogen and oxygen atoms in total. The molecule has 0 aliphatic heterocycles. The number of nitrogens with one attached hydrogen (secondary N) is 1. The zero-order valence-corrected chi connectivity index (χ0v) is 15.6. The number of anilines is 1. The maximum atomic E-state index is 12.4. The second kappa shape index (κ2) is 6.47. The highest BCUT2D eigenvalue weighted by molar-refractivity contribution is 7.90. The summed E-state index contributed by atoms with van der Waals surface area (Å²) in [7, 11) is -0.503. The molecule has 1 N–H and O–H groups in total. The molecule has 3 rings (SSSR count). The second-order valence-electron chi connectivity index (χ2n) is 6.02. The first-order chi connectivity index (χ1) is 12.6. The van der Waals surface area contributed by atoms with E-state index in [2.05, 4.69) is 10.3 Å². The molecule has 0 saturated carbocycles. The van der Waals surface area contributed by atoms with E-state index >= 15 is 0 Å². The lowest BCUT2D eigenvalue weighted by Gasteiger charge is -2.09. The number of hydrogen-bond donors (Lipinski definition) is 1. The maximum Gasteiger partial charge on any atom is 0.332 e. The number of fused-ring (bicyclic) bond motifs is 1. The summed E-state index contributed by atoms with van der Waals surface area (Å²) in [6.45, 7) is 0. The molecular weight excluding hydrogens is 372 g/mol. The van der Waals surface area contributed by atoms with Crippen molar-refractivity contribution >= 4 is 32.5 Å². The number of hydrogen-bond acceptors (Lipinski definition) is 6. The topological polar surface area (TPSA) is 120 Å². The van der Waals surface area contributed by atoms with Gasteiger partial charge in [0.25, 0.3) is 11.5 Å². The Balaban J connectivity index is 1.97. The molecule has 0 bridgehead atoms. The van der Waals surface area contributed by atoms with Gasteiger partial charge < -0.3 is 5.32 Å². The average Bonchev–Trinajstić information content (AvgIpc) is 2.63. The first-order valence-electron chi connectivity index (χ1n) is 7.78. The minimum atomic E-state index is -3.33. The standard InChI is InChI=1S/C17H16N4O5S/c1-20-14-12(16(23)21(2)17(20)24)8-9-13(19-14)15(22)18-10-4-6-11(7-5-10)27(3,25)26/h4-9H,1-3H3,(H,18,22). The predicted octanol–water partition coefficient (Wildman–Crippen LogP) is 0.288. The SMILES string of the molecule is Cn1c(=O)c2ccc(C(=O)Nc3ccc(S(C)(=O)=O)cc3)nc2n(C)c1=O. The molecule has 2 aromatic heterocycles. The van der Waals surface area contributed by atoms with E-state index in [4.69, 9.17) is 0 Å². The molecule has 0 spiro atoms. The van der Waals surface area contributed by atoms with Crippen molar-refractivity contribution in [1.29, 1.82) is 0 Å². The molecular formula is C17H16N4O5S. The molecule has 0 aliphatic rings. The number of nitrogens with zero attached hydrogens (tertiary/aromatic N) is 3. The first kappa shape index (κ1) is 18.5. The van der Waals surface area contributed by atoms with Gasteiger partial charge in [-0.3, -0.25) is 18.7 Å². The smallest absolute Gasteiger partial charge is 0.321 e. The average molecular weight is 388 g/mol. The van der Waals surface area contributed by atoms with E-state index in [0.29, 0.717) is 5.69 Å². The summed E-state index contributed by atoms with van der Waals surface area (Å²) in [5.74, 6) is -0.558. The summed E-state index contributed by atoms with van der Waals surface area (Å²) in [5.41, 5.74) is -0.550. The van der Waals surface area contributed by atoms with Gasteiger partial charge in [0.1, 0.15) is 11.3 Å². The Morgan fingerprint density at radius 1 is 1.00 bits per heavy atom. The van der Waals surface area contributed by atoms with Crippen molar-refractivity contribution in [1.82, 2.24) is 14.1 Å². The third kappa shape index (κ3) is 3.38. The van der Waals surface area contributed by atoms with Crippen LogP contribution in [0.3, 0.4) is 0 Å². The molecule has 0 saturated heterocycles. The van der Waals surface area contributed by atoms with E-state index in [0.717, 1.165) is 10.8 Å². The van der Waals surface area contributed by atoms with Gasteiger partial charge in [-0.15, -0.1) is 0 Å². The molecule has 140 valence electrons. The largest absolute Gasteiger partial charge is 0.332 e. The number of aryl methyl sites for hydroxylation is 1. The molecule has 1 aromatic carbocycles. The zero-order valence-electron chi connectivity index (χ0n) is 14.8. The van der Waals surface area contributed by atoms with Crippen LogP contribution in [0, 0.1) is 0 Å². The Labute approximate surface area is 153 Å².